The minimum atomic E-state index is -0.972. The van der Waals surface area contributed by atoms with Crippen molar-refractivity contribution in [2.75, 3.05) is 13.1 Å². The predicted molar refractivity (Wildman–Crippen MR) is 92.6 cm³/mol. The zero-order valence-corrected chi connectivity index (χ0v) is 14.0. The monoisotopic (exact) mass is 340 g/mol. The van der Waals surface area contributed by atoms with Crippen LogP contribution in [0.4, 0.5) is 0 Å². The third-order valence-electron chi connectivity index (χ3n) is 5.04. The van der Waals surface area contributed by atoms with E-state index in [2.05, 4.69) is 0 Å². The summed E-state index contributed by atoms with van der Waals surface area (Å²) >= 11 is 0. The number of amides is 1. The van der Waals surface area contributed by atoms with Gasteiger partial charge in [0.2, 0.25) is 0 Å². The van der Waals surface area contributed by atoms with Gasteiger partial charge in [-0.05, 0) is 24.5 Å². The Hall–Kier alpha value is -2.89. The van der Waals surface area contributed by atoms with E-state index in [-0.39, 0.29) is 11.5 Å². The normalized spacial score (nSPS) is 16.4. The van der Waals surface area contributed by atoms with E-state index in [9.17, 15) is 19.5 Å². The lowest BCUT2D eigenvalue weighted by molar-refractivity contribution is -0.145. The molecule has 1 fully saturated rings. The number of benzene rings is 1. The van der Waals surface area contributed by atoms with Crippen molar-refractivity contribution >= 4 is 11.9 Å². The Morgan fingerprint density at radius 3 is 2.24 bits per heavy atom. The van der Waals surface area contributed by atoms with Gasteiger partial charge in [0.25, 0.3) is 11.5 Å². The Bertz CT molecular complexity index is 849. The van der Waals surface area contributed by atoms with Crippen molar-refractivity contribution in [1.82, 2.24) is 9.47 Å². The molecule has 0 spiro atoms. The summed E-state index contributed by atoms with van der Waals surface area (Å²) in [5.74, 6) is -1.11. The number of carbonyl (C=O) groups excluding carboxylic acids is 1. The second-order valence-corrected chi connectivity index (χ2v) is 6.35. The zero-order chi connectivity index (χ0) is 18.0. The fourth-order valence-electron chi connectivity index (χ4n) is 3.42. The number of aromatic nitrogens is 1. The van der Waals surface area contributed by atoms with Crippen LogP contribution in [-0.4, -0.2) is 39.5 Å². The molecule has 1 aliphatic rings. The summed E-state index contributed by atoms with van der Waals surface area (Å²) in [6.07, 6.45) is 0.692. The van der Waals surface area contributed by atoms with Gasteiger partial charge >= 0.3 is 5.97 Å². The summed E-state index contributed by atoms with van der Waals surface area (Å²) in [6.45, 7) is 0.673. The molecule has 0 atom stereocenters. The molecule has 6 nitrogen and oxygen atoms in total. The number of carboxylic acids is 1. The minimum absolute atomic E-state index is 0.243. The lowest BCUT2D eigenvalue weighted by Gasteiger charge is -2.39. The second kappa shape index (κ2) is 6.55. The summed E-state index contributed by atoms with van der Waals surface area (Å²) in [5, 5.41) is 9.82. The Labute approximate surface area is 145 Å². The maximum absolute atomic E-state index is 12.7. The first kappa shape index (κ1) is 17.0. The molecule has 1 saturated heterocycles. The van der Waals surface area contributed by atoms with Crippen molar-refractivity contribution in [2.45, 2.75) is 18.3 Å². The lowest BCUT2D eigenvalue weighted by Crippen LogP contribution is -2.49. The maximum atomic E-state index is 12.7. The molecule has 1 aromatic carbocycles. The Balaban J connectivity index is 1.83. The number of carbonyl (C=O) groups is 2. The van der Waals surface area contributed by atoms with E-state index in [4.69, 9.17) is 0 Å². The highest BCUT2D eigenvalue weighted by molar-refractivity contribution is 5.93. The third kappa shape index (κ3) is 2.95. The fraction of sp³-hybridized carbons (Fsp3) is 0.316. The maximum Gasteiger partial charge on any atom is 0.314 e. The van der Waals surface area contributed by atoms with Gasteiger partial charge in [-0.25, -0.2) is 0 Å². The van der Waals surface area contributed by atoms with Crippen LogP contribution in [0.1, 0.15) is 28.9 Å². The highest BCUT2D eigenvalue weighted by atomic mass is 16.4. The molecule has 1 aliphatic heterocycles. The largest absolute Gasteiger partial charge is 0.481 e. The number of hydrogen-bond acceptors (Lipinski definition) is 3. The number of hydrogen-bond donors (Lipinski definition) is 1. The number of likely N-dealkylation sites (tertiary alicyclic amines) is 1. The smallest absolute Gasteiger partial charge is 0.314 e. The van der Waals surface area contributed by atoms with Gasteiger partial charge in [0, 0.05) is 26.2 Å². The van der Waals surface area contributed by atoms with E-state index in [0.717, 1.165) is 5.56 Å². The SMILES string of the molecule is Cn1c(C(=O)N2CCC(C(=O)O)(c3ccccc3)CC2)cccc1=O. The zero-order valence-electron chi connectivity index (χ0n) is 14.0. The van der Waals surface area contributed by atoms with E-state index in [1.165, 1.54) is 10.6 Å². The summed E-state index contributed by atoms with van der Waals surface area (Å²) in [4.78, 5) is 38.0. The van der Waals surface area contributed by atoms with Crippen molar-refractivity contribution < 1.29 is 14.7 Å². The first-order chi connectivity index (χ1) is 12.0. The molecule has 0 bridgehead atoms. The standard InChI is InChI=1S/C19H20N2O4/c1-20-15(8-5-9-16(20)22)17(23)21-12-10-19(11-13-21,18(24)25)14-6-3-2-4-7-14/h2-9H,10-13H2,1H3,(H,24,25). The molecule has 1 amide bonds. The van der Waals surface area contributed by atoms with Gasteiger partial charge in [-0.3, -0.25) is 14.4 Å². The molecule has 2 aromatic rings. The van der Waals surface area contributed by atoms with Crippen LogP contribution >= 0.6 is 0 Å². The topological polar surface area (TPSA) is 79.6 Å². The molecule has 0 unspecified atom stereocenters. The van der Waals surface area contributed by atoms with Crippen molar-refractivity contribution in [1.29, 1.82) is 0 Å². The molecule has 25 heavy (non-hydrogen) atoms. The predicted octanol–water partition coefficient (Wildman–Crippen LogP) is 1.64. The van der Waals surface area contributed by atoms with Crippen LogP contribution in [0.25, 0.3) is 0 Å². The van der Waals surface area contributed by atoms with Crippen molar-refractivity contribution in [3.63, 3.8) is 0 Å². The van der Waals surface area contributed by atoms with Crippen LogP contribution < -0.4 is 5.56 Å². The fourth-order valence-corrected chi connectivity index (χ4v) is 3.42. The summed E-state index contributed by atoms with van der Waals surface area (Å²) in [6, 6.07) is 13.7. The quantitative estimate of drug-likeness (QED) is 0.921. The van der Waals surface area contributed by atoms with E-state index in [1.807, 2.05) is 30.3 Å². The third-order valence-corrected chi connectivity index (χ3v) is 5.04. The average Bonchev–Trinajstić information content (AvgIpc) is 2.64. The van der Waals surface area contributed by atoms with Gasteiger partial charge < -0.3 is 14.6 Å². The first-order valence-electron chi connectivity index (χ1n) is 8.20. The Morgan fingerprint density at radius 2 is 1.64 bits per heavy atom. The van der Waals surface area contributed by atoms with Gasteiger partial charge in [0.15, 0.2) is 0 Å². The lowest BCUT2D eigenvalue weighted by atomic mass is 9.73. The highest BCUT2D eigenvalue weighted by Crippen LogP contribution is 2.36. The molecular weight excluding hydrogens is 320 g/mol. The summed E-state index contributed by atoms with van der Waals surface area (Å²) in [5.41, 5.74) is -0.135. The van der Waals surface area contributed by atoms with Crippen LogP contribution in [0.15, 0.2) is 53.3 Å². The van der Waals surface area contributed by atoms with Crippen LogP contribution in [0.3, 0.4) is 0 Å². The molecule has 0 aliphatic carbocycles. The second-order valence-electron chi connectivity index (χ2n) is 6.35. The van der Waals surface area contributed by atoms with E-state index < -0.39 is 11.4 Å². The van der Waals surface area contributed by atoms with Crippen molar-refractivity contribution in [3.05, 3.63) is 70.1 Å². The van der Waals surface area contributed by atoms with Crippen LogP contribution in [0.2, 0.25) is 0 Å². The number of piperidine rings is 1. The van der Waals surface area contributed by atoms with Crippen LogP contribution in [-0.2, 0) is 17.3 Å². The molecule has 1 aromatic heterocycles. The number of pyridine rings is 1. The average molecular weight is 340 g/mol. The summed E-state index contributed by atoms with van der Waals surface area (Å²) in [7, 11) is 1.56. The van der Waals surface area contributed by atoms with Crippen LogP contribution in [0.5, 0.6) is 0 Å². The van der Waals surface area contributed by atoms with Crippen LogP contribution in [0, 0.1) is 0 Å². The van der Waals surface area contributed by atoms with Crippen molar-refractivity contribution in [2.24, 2.45) is 7.05 Å². The van der Waals surface area contributed by atoms with Gasteiger partial charge in [0.1, 0.15) is 5.69 Å². The molecule has 130 valence electrons. The number of rotatable bonds is 3. The minimum Gasteiger partial charge on any atom is -0.481 e. The van der Waals surface area contributed by atoms with Gasteiger partial charge in [-0.1, -0.05) is 36.4 Å². The van der Waals surface area contributed by atoms with E-state index in [0.29, 0.717) is 31.6 Å². The number of nitrogens with zero attached hydrogens (tertiary/aromatic N) is 2. The molecule has 1 N–H and O–H groups in total. The van der Waals surface area contributed by atoms with Gasteiger partial charge in [0.05, 0.1) is 5.41 Å². The van der Waals surface area contributed by atoms with E-state index in [1.54, 1.807) is 24.1 Å². The van der Waals surface area contributed by atoms with Crippen molar-refractivity contribution in [3.8, 4) is 0 Å². The van der Waals surface area contributed by atoms with E-state index >= 15 is 0 Å². The molecule has 0 saturated carbocycles. The molecular formula is C19H20N2O4. The molecule has 6 heteroatoms. The number of carboxylic acid groups (broad SMARTS) is 1. The molecule has 2 heterocycles. The highest BCUT2D eigenvalue weighted by Gasteiger charge is 2.44. The Kier molecular flexibility index (Phi) is 4.44. The number of aliphatic carboxylic acids is 1. The molecule has 3 rings (SSSR count). The molecule has 0 radical (unpaired) electrons. The first-order valence-corrected chi connectivity index (χ1v) is 8.20. The Morgan fingerprint density at radius 1 is 1.00 bits per heavy atom. The summed E-state index contributed by atoms with van der Waals surface area (Å²) < 4.78 is 1.32. The van der Waals surface area contributed by atoms with Gasteiger partial charge in [-0.2, -0.15) is 0 Å². The van der Waals surface area contributed by atoms with Gasteiger partial charge in [-0.15, -0.1) is 0 Å².